The maximum atomic E-state index is 12.1. The van der Waals surface area contributed by atoms with E-state index in [1.54, 1.807) is 6.92 Å². The van der Waals surface area contributed by atoms with Crippen molar-refractivity contribution in [1.29, 1.82) is 0 Å². The van der Waals surface area contributed by atoms with Crippen molar-refractivity contribution in [3.8, 4) is 0 Å². The molecule has 5 nitrogen and oxygen atoms in total. The van der Waals surface area contributed by atoms with Crippen LogP contribution in [0.15, 0.2) is 30.3 Å². The average molecular weight is 306 g/mol. The van der Waals surface area contributed by atoms with Crippen LogP contribution in [0.4, 0.5) is 0 Å². The summed E-state index contributed by atoms with van der Waals surface area (Å²) in [6.07, 6.45) is 1.26. The fourth-order valence-corrected chi connectivity index (χ4v) is 2.25. The molecule has 122 valence electrons. The Balaban J connectivity index is 2.45. The minimum atomic E-state index is -0.917. The highest BCUT2D eigenvalue weighted by atomic mass is 16.4. The quantitative estimate of drug-likeness (QED) is 0.653. The van der Waals surface area contributed by atoms with E-state index in [2.05, 4.69) is 10.6 Å². The highest BCUT2D eigenvalue weighted by molar-refractivity contribution is 5.82. The van der Waals surface area contributed by atoms with Crippen molar-refractivity contribution >= 4 is 11.9 Å². The Morgan fingerprint density at radius 3 is 2.36 bits per heavy atom. The normalized spacial score (nSPS) is 14.9. The molecule has 0 heterocycles. The largest absolute Gasteiger partial charge is 0.480 e. The van der Waals surface area contributed by atoms with Crippen LogP contribution in [0.25, 0.3) is 0 Å². The van der Waals surface area contributed by atoms with E-state index in [4.69, 9.17) is 5.11 Å². The summed E-state index contributed by atoms with van der Waals surface area (Å²) in [4.78, 5) is 23.2. The fraction of sp³-hybridized carbons (Fsp3) is 0.529. The van der Waals surface area contributed by atoms with Gasteiger partial charge in [-0.15, -0.1) is 0 Å². The Morgan fingerprint density at radius 1 is 1.18 bits per heavy atom. The molecule has 0 spiro atoms. The van der Waals surface area contributed by atoms with Gasteiger partial charge in [-0.3, -0.25) is 14.9 Å². The van der Waals surface area contributed by atoms with Gasteiger partial charge in [0.25, 0.3) is 0 Å². The number of amides is 1. The van der Waals surface area contributed by atoms with Gasteiger partial charge in [-0.25, -0.2) is 0 Å². The van der Waals surface area contributed by atoms with Gasteiger partial charge >= 0.3 is 5.97 Å². The third-order valence-corrected chi connectivity index (χ3v) is 3.67. The number of carboxylic acid groups (broad SMARTS) is 1. The van der Waals surface area contributed by atoms with E-state index in [1.807, 2.05) is 44.2 Å². The number of carbonyl (C=O) groups is 2. The van der Waals surface area contributed by atoms with Gasteiger partial charge in [0.2, 0.25) is 5.91 Å². The van der Waals surface area contributed by atoms with Crippen molar-refractivity contribution in [2.24, 2.45) is 0 Å². The van der Waals surface area contributed by atoms with E-state index in [-0.39, 0.29) is 11.8 Å². The summed E-state index contributed by atoms with van der Waals surface area (Å²) >= 11 is 0. The van der Waals surface area contributed by atoms with Crippen LogP contribution in [-0.4, -0.2) is 35.6 Å². The van der Waals surface area contributed by atoms with Crippen LogP contribution in [0.3, 0.4) is 0 Å². The predicted molar refractivity (Wildman–Crippen MR) is 86.8 cm³/mol. The van der Waals surface area contributed by atoms with Crippen LogP contribution in [0.2, 0.25) is 0 Å². The molecule has 0 bridgehead atoms. The molecule has 5 heteroatoms. The molecule has 1 amide bonds. The minimum Gasteiger partial charge on any atom is -0.480 e. The number of nitrogens with one attached hydrogen (secondary N) is 2. The van der Waals surface area contributed by atoms with Gasteiger partial charge in [0.05, 0.1) is 6.04 Å². The Labute approximate surface area is 132 Å². The SMILES string of the molecule is CCCC(NC(C)C(=O)NCC(C)c1ccccc1)C(=O)O. The molecule has 1 aromatic rings. The van der Waals surface area contributed by atoms with Crippen molar-refractivity contribution in [1.82, 2.24) is 10.6 Å². The van der Waals surface area contributed by atoms with Crippen molar-refractivity contribution in [3.05, 3.63) is 35.9 Å². The van der Waals surface area contributed by atoms with E-state index in [1.165, 1.54) is 0 Å². The molecule has 0 aliphatic carbocycles. The number of hydrogen-bond acceptors (Lipinski definition) is 3. The number of aliphatic carboxylic acids is 1. The lowest BCUT2D eigenvalue weighted by Crippen LogP contribution is -2.49. The van der Waals surface area contributed by atoms with Gasteiger partial charge < -0.3 is 10.4 Å². The van der Waals surface area contributed by atoms with Gasteiger partial charge in [-0.05, 0) is 24.8 Å². The average Bonchev–Trinajstić information content (AvgIpc) is 2.52. The van der Waals surface area contributed by atoms with E-state index in [9.17, 15) is 9.59 Å². The molecular weight excluding hydrogens is 280 g/mol. The van der Waals surface area contributed by atoms with Crippen LogP contribution >= 0.6 is 0 Å². The van der Waals surface area contributed by atoms with E-state index < -0.39 is 18.1 Å². The van der Waals surface area contributed by atoms with Crippen molar-refractivity contribution < 1.29 is 14.7 Å². The van der Waals surface area contributed by atoms with E-state index in [0.717, 1.165) is 12.0 Å². The summed E-state index contributed by atoms with van der Waals surface area (Å²) < 4.78 is 0. The van der Waals surface area contributed by atoms with Crippen molar-refractivity contribution in [3.63, 3.8) is 0 Å². The first-order valence-electron chi connectivity index (χ1n) is 7.77. The van der Waals surface area contributed by atoms with Gasteiger partial charge in [0, 0.05) is 6.54 Å². The fourth-order valence-electron chi connectivity index (χ4n) is 2.25. The molecule has 0 radical (unpaired) electrons. The highest BCUT2D eigenvalue weighted by Crippen LogP contribution is 2.13. The molecule has 3 atom stereocenters. The van der Waals surface area contributed by atoms with Crippen molar-refractivity contribution in [2.75, 3.05) is 6.54 Å². The lowest BCUT2D eigenvalue weighted by Gasteiger charge is -2.20. The number of carbonyl (C=O) groups excluding carboxylic acids is 1. The lowest BCUT2D eigenvalue weighted by molar-refractivity contribution is -0.140. The maximum Gasteiger partial charge on any atom is 0.320 e. The number of carboxylic acids is 1. The third-order valence-electron chi connectivity index (χ3n) is 3.67. The molecule has 0 saturated carbocycles. The third kappa shape index (κ3) is 5.85. The summed E-state index contributed by atoms with van der Waals surface area (Å²) in [5, 5.41) is 14.8. The first kappa shape index (κ1) is 18.2. The van der Waals surface area contributed by atoms with Crippen molar-refractivity contribution in [2.45, 2.75) is 51.6 Å². The Morgan fingerprint density at radius 2 is 1.82 bits per heavy atom. The molecular formula is C17H26N2O3. The Hall–Kier alpha value is -1.88. The van der Waals surface area contributed by atoms with Gasteiger partial charge in [-0.2, -0.15) is 0 Å². The van der Waals surface area contributed by atoms with Crippen LogP contribution in [0.1, 0.15) is 45.1 Å². The van der Waals surface area contributed by atoms with Crippen LogP contribution < -0.4 is 10.6 Å². The summed E-state index contributed by atoms with van der Waals surface area (Å²) in [6.45, 7) is 6.18. The molecule has 0 saturated heterocycles. The summed E-state index contributed by atoms with van der Waals surface area (Å²) in [5.41, 5.74) is 1.16. The summed E-state index contributed by atoms with van der Waals surface area (Å²) in [6, 6.07) is 8.74. The smallest absolute Gasteiger partial charge is 0.320 e. The number of benzene rings is 1. The van der Waals surface area contributed by atoms with Crippen LogP contribution in [0, 0.1) is 0 Å². The topological polar surface area (TPSA) is 78.4 Å². The zero-order valence-corrected chi connectivity index (χ0v) is 13.5. The lowest BCUT2D eigenvalue weighted by atomic mass is 10.0. The monoisotopic (exact) mass is 306 g/mol. The second-order valence-electron chi connectivity index (χ2n) is 5.62. The maximum absolute atomic E-state index is 12.1. The molecule has 0 fully saturated rings. The number of hydrogen-bond donors (Lipinski definition) is 3. The second kappa shape index (κ2) is 9.20. The van der Waals surface area contributed by atoms with E-state index in [0.29, 0.717) is 13.0 Å². The van der Waals surface area contributed by atoms with Gasteiger partial charge in [0.15, 0.2) is 0 Å². The molecule has 1 aromatic carbocycles. The summed E-state index contributed by atoms with van der Waals surface area (Å²) in [5.74, 6) is -0.882. The number of rotatable bonds is 9. The molecule has 3 N–H and O–H groups in total. The Bertz CT molecular complexity index is 476. The standard InChI is InChI=1S/C17H26N2O3/c1-4-8-15(17(21)22)19-13(3)16(20)18-11-12(2)14-9-6-5-7-10-14/h5-7,9-10,12-13,15,19H,4,8,11H2,1-3H3,(H,18,20)(H,21,22). The summed E-state index contributed by atoms with van der Waals surface area (Å²) in [7, 11) is 0. The predicted octanol–water partition coefficient (Wildman–Crippen LogP) is 2.14. The molecule has 3 unspecified atom stereocenters. The molecule has 0 aliphatic rings. The first-order valence-corrected chi connectivity index (χ1v) is 7.77. The van der Waals surface area contributed by atoms with E-state index >= 15 is 0 Å². The zero-order valence-electron chi connectivity index (χ0n) is 13.5. The highest BCUT2D eigenvalue weighted by Gasteiger charge is 2.22. The first-order chi connectivity index (χ1) is 10.5. The second-order valence-corrected chi connectivity index (χ2v) is 5.62. The molecule has 1 rings (SSSR count). The zero-order chi connectivity index (χ0) is 16.5. The van der Waals surface area contributed by atoms with Gasteiger partial charge in [-0.1, -0.05) is 50.6 Å². The molecule has 0 aromatic heterocycles. The molecule has 22 heavy (non-hydrogen) atoms. The molecule has 0 aliphatic heterocycles. The Kier molecular flexibility index (Phi) is 7.60. The van der Waals surface area contributed by atoms with Gasteiger partial charge in [0.1, 0.15) is 6.04 Å². The van der Waals surface area contributed by atoms with Crippen LogP contribution in [0.5, 0.6) is 0 Å². The van der Waals surface area contributed by atoms with Crippen LogP contribution in [-0.2, 0) is 9.59 Å². The minimum absolute atomic E-state index is 0.176.